The van der Waals surface area contributed by atoms with Crippen LogP contribution in [-0.4, -0.2) is 4.57 Å². The second-order valence-electron chi connectivity index (χ2n) is 1.91. The first kappa shape index (κ1) is 8.99. The second kappa shape index (κ2) is 3.91. The first-order chi connectivity index (χ1) is 4.33. The van der Waals surface area contributed by atoms with E-state index in [1.807, 2.05) is 41.0 Å². The molecule has 1 aromatic heterocycles. The number of aromatic nitrogens is 2. The van der Waals surface area contributed by atoms with Crippen molar-refractivity contribution < 1.29 is 17.0 Å². The molecule has 54 valence electrons. The molecule has 0 N–H and O–H groups in total. The number of nitriles is 1. The predicted octanol–water partition coefficient (Wildman–Crippen LogP) is -3.16. The van der Waals surface area contributed by atoms with E-state index in [0.29, 0.717) is 6.54 Å². The molecule has 0 aliphatic rings. The molecule has 0 atom stereocenters. The average molecular weight is 158 g/mol. The lowest BCUT2D eigenvalue weighted by Crippen LogP contribution is -3.00. The van der Waals surface area contributed by atoms with Crippen LogP contribution in [0, 0.1) is 11.3 Å². The Labute approximate surface area is 65.9 Å². The Bertz CT molecular complexity index is 235. The molecular formula is C6H8ClN3. The van der Waals surface area contributed by atoms with E-state index in [9.17, 15) is 0 Å². The number of halogens is 1. The lowest BCUT2D eigenvalue weighted by atomic mass is 10.7. The molecule has 0 amide bonds. The van der Waals surface area contributed by atoms with E-state index < -0.39 is 0 Å². The maximum absolute atomic E-state index is 8.25. The molecule has 0 saturated heterocycles. The van der Waals surface area contributed by atoms with Gasteiger partial charge in [-0.1, -0.05) is 0 Å². The molecular weight excluding hydrogens is 150 g/mol. The standard InChI is InChI=1S/C6H8N3.ClH/c1-8-4-5-9(6-8)3-2-7;/h4-6H,3H2,1H3;1H/q+1;/p-1. The molecule has 0 saturated carbocycles. The van der Waals surface area contributed by atoms with E-state index in [-0.39, 0.29) is 12.4 Å². The van der Waals surface area contributed by atoms with Crippen LogP contribution in [0.1, 0.15) is 0 Å². The van der Waals surface area contributed by atoms with Crippen LogP contribution in [0.4, 0.5) is 0 Å². The first-order valence-electron chi connectivity index (χ1n) is 2.71. The van der Waals surface area contributed by atoms with Crippen LogP contribution in [0.15, 0.2) is 18.7 Å². The van der Waals surface area contributed by atoms with E-state index in [1.165, 1.54) is 0 Å². The first-order valence-corrected chi connectivity index (χ1v) is 2.71. The van der Waals surface area contributed by atoms with Crippen molar-refractivity contribution in [2.24, 2.45) is 7.05 Å². The smallest absolute Gasteiger partial charge is 0.244 e. The molecule has 0 fully saturated rings. The molecule has 1 rings (SSSR count). The van der Waals surface area contributed by atoms with Gasteiger partial charge in [0, 0.05) is 0 Å². The number of aryl methyl sites for hydroxylation is 1. The minimum Gasteiger partial charge on any atom is -1.00 e. The number of hydrogen-bond donors (Lipinski definition) is 0. The van der Waals surface area contributed by atoms with Crippen molar-refractivity contribution in [3.05, 3.63) is 18.7 Å². The number of imidazole rings is 1. The van der Waals surface area contributed by atoms with Gasteiger partial charge in [-0.25, -0.2) is 9.13 Å². The van der Waals surface area contributed by atoms with Gasteiger partial charge in [-0.15, -0.1) is 0 Å². The van der Waals surface area contributed by atoms with Crippen LogP contribution in [0.5, 0.6) is 0 Å². The van der Waals surface area contributed by atoms with Gasteiger partial charge >= 0.3 is 0 Å². The van der Waals surface area contributed by atoms with Crippen molar-refractivity contribution in [3.63, 3.8) is 0 Å². The zero-order chi connectivity index (χ0) is 6.69. The minimum absolute atomic E-state index is 0. The van der Waals surface area contributed by atoms with Crippen LogP contribution in [-0.2, 0) is 13.6 Å². The SMILES string of the molecule is C[n+]1ccn(CC#N)c1.[Cl-]. The predicted molar refractivity (Wildman–Crippen MR) is 31.2 cm³/mol. The quantitative estimate of drug-likeness (QED) is 0.396. The molecule has 10 heavy (non-hydrogen) atoms. The maximum atomic E-state index is 8.25. The van der Waals surface area contributed by atoms with Crippen molar-refractivity contribution in [1.82, 2.24) is 4.57 Å². The summed E-state index contributed by atoms with van der Waals surface area (Å²) in [6, 6.07) is 2.05. The molecule has 0 aromatic carbocycles. The molecule has 4 heteroatoms. The molecule has 0 aliphatic carbocycles. The Kier molecular flexibility index (Phi) is 3.52. The molecule has 0 spiro atoms. The Balaban J connectivity index is 0.000000810. The van der Waals surface area contributed by atoms with Gasteiger partial charge in [0.15, 0.2) is 6.54 Å². The van der Waals surface area contributed by atoms with Crippen molar-refractivity contribution in [3.8, 4) is 6.07 Å². The molecule has 1 aromatic rings. The third kappa shape index (κ3) is 2.08. The fourth-order valence-corrected chi connectivity index (χ4v) is 0.677. The minimum atomic E-state index is 0. The van der Waals surface area contributed by atoms with Gasteiger partial charge in [0.25, 0.3) is 0 Å². The second-order valence-corrected chi connectivity index (χ2v) is 1.91. The van der Waals surface area contributed by atoms with Gasteiger partial charge in [0.05, 0.1) is 7.05 Å². The van der Waals surface area contributed by atoms with Crippen LogP contribution in [0.25, 0.3) is 0 Å². The maximum Gasteiger partial charge on any atom is 0.244 e. The highest BCUT2D eigenvalue weighted by molar-refractivity contribution is 4.75. The number of nitrogens with zero attached hydrogens (tertiary/aromatic N) is 3. The van der Waals surface area contributed by atoms with Gasteiger partial charge in [0.1, 0.15) is 18.5 Å². The van der Waals surface area contributed by atoms with E-state index in [0.717, 1.165) is 0 Å². The summed E-state index contributed by atoms with van der Waals surface area (Å²) in [7, 11) is 1.92. The average Bonchev–Trinajstić information content (AvgIpc) is 2.17. The molecule has 0 bridgehead atoms. The largest absolute Gasteiger partial charge is 1.00 e. The van der Waals surface area contributed by atoms with E-state index in [4.69, 9.17) is 5.26 Å². The highest BCUT2D eigenvalue weighted by Gasteiger charge is 1.95. The summed E-state index contributed by atoms with van der Waals surface area (Å²) in [6.45, 7) is 0.431. The monoisotopic (exact) mass is 157 g/mol. The third-order valence-electron chi connectivity index (χ3n) is 1.08. The van der Waals surface area contributed by atoms with Gasteiger partial charge in [-0.05, 0) is 0 Å². The van der Waals surface area contributed by atoms with Gasteiger partial charge in [-0.2, -0.15) is 5.26 Å². The summed E-state index contributed by atoms with van der Waals surface area (Å²) >= 11 is 0. The zero-order valence-corrected chi connectivity index (χ0v) is 6.41. The van der Waals surface area contributed by atoms with Crippen molar-refractivity contribution in [2.75, 3.05) is 0 Å². The Hall–Kier alpha value is -1.01. The summed E-state index contributed by atoms with van der Waals surface area (Å²) in [5, 5.41) is 8.25. The van der Waals surface area contributed by atoms with E-state index in [1.54, 1.807) is 0 Å². The van der Waals surface area contributed by atoms with Crippen LogP contribution < -0.4 is 17.0 Å². The zero-order valence-electron chi connectivity index (χ0n) is 5.66. The lowest BCUT2D eigenvalue weighted by molar-refractivity contribution is -0.671. The number of hydrogen-bond acceptors (Lipinski definition) is 1. The van der Waals surface area contributed by atoms with Gasteiger partial charge < -0.3 is 12.4 Å². The van der Waals surface area contributed by atoms with Crippen LogP contribution >= 0.6 is 0 Å². The van der Waals surface area contributed by atoms with Gasteiger partial charge in [-0.3, -0.25) is 0 Å². The molecule has 3 nitrogen and oxygen atoms in total. The van der Waals surface area contributed by atoms with Crippen LogP contribution in [0.2, 0.25) is 0 Å². The fraction of sp³-hybridized carbons (Fsp3) is 0.333. The summed E-state index contributed by atoms with van der Waals surface area (Å²) in [4.78, 5) is 0. The van der Waals surface area contributed by atoms with E-state index in [2.05, 4.69) is 0 Å². The highest BCUT2D eigenvalue weighted by Crippen LogP contribution is 1.79. The van der Waals surface area contributed by atoms with Crippen molar-refractivity contribution >= 4 is 0 Å². The Morgan fingerprint density at radius 1 is 1.70 bits per heavy atom. The topological polar surface area (TPSA) is 32.6 Å². The third-order valence-corrected chi connectivity index (χ3v) is 1.08. The summed E-state index contributed by atoms with van der Waals surface area (Å²) in [5.74, 6) is 0. The Morgan fingerprint density at radius 3 is 2.80 bits per heavy atom. The molecule has 0 unspecified atom stereocenters. The number of rotatable bonds is 1. The lowest BCUT2D eigenvalue weighted by Gasteiger charge is -1.79. The fourth-order valence-electron chi connectivity index (χ4n) is 0.677. The van der Waals surface area contributed by atoms with E-state index >= 15 is 0 Å². The summed E-state index contributed by atoms with van der Waals surface area (Å²) < 4.78 is 3.72. The Morgan fingerprint density at radius 2 is 2.40 bits per heavy atom. The van der Waals surface area contributed by atoms with Gasteiger partial charge in [0.2, 0.25) is 6.33 Å². The highest BCUT2D eigenvalue weighted by atomic mass is 35.5. The van der Waals surface area contributed by atoms with Crippen molar-refractivity contribution in [2.45, 2.75) is 6.54 Å². The van der Waals surface area contributed by atoms with Crippen LogP contribution in [0.3, 0.4) is 0 Å². The van der Waals surface area contributed by atoms with Crippen molar-refractivity contribution in [1.29, 1.82) is 5.26 Å². The summed E-state index contributed by atoms with van der Waals surface area (Å²) in [5.41, 5.74) is 0. The molecule has 0 radical (unpaired) electrons. The normalized spacial score (nSPS) is 8.00. The molecule has 1 heterocycles. The summed E-state index contributed by atoms with van der Waals surface area (Å²) in [6.07, 6.45) is 5.63. The molecule has 0 aliphatic heterocycles.